The number of nitrogens with zero attached hydrogens (tertiary/aromatic N) is 1. The SMILES string of the molecule is O=C(N1CCCC(O)C1)C1(c2cccc(Cl)c2)CC1. The third-order valence-electron chi connectivity index (χ3n) is 4.22. The van der Waals surface area contributed by atoms with Gasteiger partial charge < -0.3 is 10.0 Å². The van der Waals surface area contributed by atoms with Gasteiger partial charge in [0.2, 0.25) is 5.91 Å². The molecule has 3 nitrogen and oxygen atoms in total. The number of rotatable bonds is 2. The molecule has 1 aromatic rings. The molecular weight excluding hydrogens is 262 g/mol. The van der Waals surface area contributed by atoms with E-state index in [1.807, 2.05) is 29.2 Å². The van der Waals surface area contributed by atoms with Crippen LogP contribution in [0.5, 0.6) is 0 Å². The van der Waals surface area contributed by atoms with Crippen molar-refractivity contribution < 1.29 is 9.90 Å². The third-order valence-corrected chi connectivity index (χ3v) is 4.46. The van der Waals surface area contributed by atoms with E-state index < -0.39 is 0 Å². The van der Waals surface area contributed by atoms with E-state index in [2.05, 4.69) is 0 Å². The first-order chi connectivity index (χ1) is 9.12. The van der Waals surface area contributed by atoms with Crippen LogP contribution in [0.3, 0.4) is 0 Å². The van der Waals surface area contributed by atoms with Crippen molar-refractivity contribution >= 4 is 17.5 Å². The van der Waals surface area contributed by atoms with Crippen molar-refractivity contribution in [2.24, 2.45) is 0 Å². The van der Waals surface area contributed by atoms with Gasteiger partial charge in [0.1, 0.15) is 0 Å². The maximum absolute atomic E-state index is 12.7. The normalized spacial score (nSPS) is 25.2. The molecule has 0 spiro atoms. The monoisotopic (exact) mass is 279 g/mol. The van der Waals surface area contributed by atoms with Crippen LogP contribution < -0.4 is 0 Å². The van der Waals surface area contributed by atoms with Gasteiger partial charge in [-0.2, -0.15) is 0 Å². The lowest BCUT2D eigenvalue weighted by Gasteiger charge is -2.33. The van der Waals surface area contributed by atoms with E-state index in [0.717, 1.165) is 37.8 Å². The van der Waals surface area contributed by atoms with Crippen LogP contribution in [0.4, 0.5) is 0 Å². The first-order valence-corrected chi connectivity index (χ1v) is 7.23. The molecule has 2 aliphatic rings. The highest BCUT2D eigenvalue weighted by molar-refractivity contribution is 6.30. The summed E-state index contributed by atoms with van der Waals surface area (Å²) in [4.78, 5) is 14.5. The summed E-state index contributed by atoms with van der Waals surface area (Å²) < 4.78 is 0. The van der Waals surface area contributed by atoms with Gasteiger partial charge in [0.05, 0.1) is 11.5 Å². The fourth-order valence-corrected chi connectivity index (χ4v) is 3.17. The molecule has 1 aromatic carbocycles. The van der Waals surface area contributed by atoms with Crippen LogP contribution in [0.2, 0.25) is 5.02 Å². The van der Waals surface area contributed by atoms with Crippen molar-refractivity contribution in [3.8, 4) is 0 Å². The van der Waals surface area contributed by atoms with Gasteiger partial charge in [0.15, 0.2) is 0 Å². The molecular formula is C15H18ClNO2. The van der Waals surface area contributed by atoms with Crippen LogP contribution in [0, 0.1) is 0 Å². The number of aliphatic hydroxyl groups is 1. The topological polar surface area (TPSA) is 40.5 Å². The second kappa shape index (κ2) is 4.80. The Morgan fingerprint density at radius 2 is 2.21 bits per heavy atom. The van der Waals surface area contributed by atoms with E-state index >= 15 is 0 Å². The molecule has 1 atom stereocenters. The fourth-order valence-electron chi connectivity index (χ4n) is 2.98. The number of piperidine rings is 1. The van der Waals surface area contributed by atoms with E-state index in [1.54, 1.807) is 0 Å². The number of hydrogen-bond acceptors (Lipinski definition) is 2. The van der Waals surface area contributed by atoms with E-state index in [-0.39, 0.29) is 17.4 Å². The Bertz CT molecular complexity index is 499. The van der Waals surface area contributed by atoms with Crippen LogP contribution in [-0.2, 0) is 10.2 Å². The predicted molar refractivity (Wildman–Crippen MR) is 74.2 cm³/mol. The van der Waals surface area contributed by atoms with Gasteiger partial charge in [0.25, 0.3) is 0 Å². The number of amides is 1. The summed E-state index contributed by atoms with van der Waals surface area (Å²) in [7, 11) is 0. The minimum Gasteiger partial charge on any atom is -0.391 e. The Morgan fingerprint density at radius 1 is 1.42 bits per heavy atom. The Kier molecular flexibility index (Phi) is 3.27. The van der Waals surface area contributed by atoms with Crippen molar-refractivity contribution in [1.29, 1.82) is 0 Å². The van der Waals surface area contributed by atoms with Crippen LogP contribution in [-0.4, -0.2) is 35.1 Å². The van der Waals surface area contributed by atoms with Crippen molar-refractivity contribution in [3.63, 3.8) is 0 Å². The Hall–Kier alpha value is -1.06. The first kappa shape index (κ1) is 12.9. The molecule has 2 fully saturated rings. The van der Waals surface area contributed by atoms with Gasteiger partial charge in [-0.05, 0) is 43.4 Å². The predicted octanol–water partition coefficient (Wildman–Crippen LogP) is 2.35. The number of aliphatic hydroxyl groups excluding tert-OH is 1. The van der Waals surface area contributed by atoms with E-state index in [0.29, 0.717) is 11.6 Å². The molecule has 0 bridgehead atoms. The van der Waals surface area contributed by atoms with Crippen molar-refractivity contribution in [1.82, 2.24) is 4.90 Å². The minimum absolute atomic E-state index is 0.161. The molecule has 4 heteroatoms. The quantitative estimate of drug-likeness (QED) is 0.903. The lowest BCUT2D eigenvalue weighted by molar-refractivity contribution is -0.137. The number of hydrogen-bond donors (Lipinski definition) is 1. The molecule has 1 aliphatic carbocycles. The van der Waals surface area contributed by atoms with E-state index in [4.69, 9.17) is 11.6 Å². The molecule has 1 heterocycles. The van der Waals surface area contributed by atoms with Gasteiger partial charge in [-0.3, -0.25) is 4.79 Å². The molecule has 1 aliphatic heterocycles. The molecule has 102 valence electrons. The zero-order valence-electron chi connectivity index (χ0n) is 10.8. The highest BCUT2D eigenvalue weighted by Crippen LogP contribution is 2.50. The second-order valence-corrected chi connectivity index (χ2v) is 6.08. The number of likely N-dealkylation sites (tertiary alicyclic amines) is 1. The first-order valence-electron chi connectivity index (χ1n) is 6.85. The van der Waals surface area contributed by atoms with Gasteiger partial charge in [-0.15, -0.1) is 0 Å². The molecule has 19 heavy (non-hydrogen) atoms. The largest absolute Gasteiger partial charge is 0.391 e. The zero-order chi connectivity index (χ0) is 13.5. The summed E-state index contributed by atoms with van der Waals surface area (Å²) in [5.74, 6) is 0.161. The average molecular weight is 280 g/mol. The summed E-state index contributed by atoms with van der Waals surface area (Å²) >= 11 is 6.03. The van der Waals surface area contributed by atoms with Crippen LogP contribution in [0.25, 0.3) is 0 Å². The van der Waals surface area contributed by atoms with Gasteiger partial charge in [-0.25, -0.2) is 0 Å². The fraction of sp³-hybridized carbons (Fsp3) is 0.533. The molecule has 1 saturated carbocycles. The van der Waals surface area contributed by atoms with Gasteiger partial charge >= 0.3 is 0 Å². The average Bonchev–Trinajstić information content (AvgIpc) is 3.19. The van der Waals surface area contributed by atoms with E-state index in [9.17, 15) is 9.90 Å². The summed E-state index contributed by atoms with van der Waals surface area (Å²) in [6.45, 7) is 1.24. The minimum atomic E-state index is -0.373. The standard InChI is InChI=1S/C15H18ClNO2/c16-12-4-1-3-11(9-12)15(6-7-15)14(19)17-8-2-5-13(18)10-17/h1,3-4,9,13,18H,2,5-8,10H2. The summed E-state index contributed by atoms with van der Waals surface area (Å²) in [5.41, 5.74) is 0.646. The van der Waals surface area contributed by atoms with Crippen LogP contribution in [0.1, 0.15) is 31.2 Å². The maximum Gasteiger partial charge on any atom is 0.233 e. The molecule has 1 saturated heterocycles. The van der Waals surface area contributed by atoms with E-state index in [1.165, 1.54) is 0 Å². The van der Waals surface area contributed by atoms with Crippen molar-refractivity contribution in [3.05, 3.63) is 34.9 Å². The number of halogens is 1. The second-order valence-electron chi connectivity index (χ2n) is 5.64. The smallest absolute Gasteiger partial charge is 0.233 e. The highest BCUT2D eigenvalue weighted by atomic mass is 35.5. The molecule has 1 unspecified atom stereocenters. The molecule has 0 radical (unpaired) electrons. The number of carbonyl (C=O) groups excluding carboxylic acids is 1. The third kappa shape index (κ3) is 2.37. The molecule has 3 rings (SSSR count). The lowest BCUT2D eigenvalue weighted by Crippen LogP contribution is -2.46. The van der Waals surface area contributed by atoms with Crippen molar-refractivity contribution in [2.75, 3.05) is 13.1 Å². The Balaban J connectivity index is 1.82. The summed E-state index contributed by atoms with van der Waals surface area (Å²) in [6.07, 6.45) is 3.09. The summed E-state index contributed by atoms with van der Waals surface area (Å²) in [6, 6.07) is 7.61. The Morgan fingerprint density at radius 3 is 2.84 bits per heavy atom. The summed E-state index contributed by atoms with van der Waals surface area (Å²) in [5, 5.41) is 10.4. The molecule has 1 amide bonds. The number of β-amino-alcohol motifs (C(OH)–C–C–N with tert-alkyl or cyclic N) is 1. The lowest BCUT2D eigenvalue weighted by atomic mass is 9.93. The highest BCUT2D eigenvalue weighted by Gasteiger charge is 2.53. The van der Waals surface area contributed by atoms with Crippen LogP contribution in [0.15, 0.2) is 24.3 Å². The molecule has 1 N–H and O–H groups in total. The van der Waals surface area contributed by atoms with Crippen LogP contribution >= 0.6 is 11.6 Å². The Labute approximate surface area is 118 Å². The molecule has 0 aromatic heterocycles. The number of carbonyl (C=O) groups is 1. The van der Waals surface area contributed by atoms with Crippen molar-refractivity contribution in [2.45, 2.75) is 37.2 Å². The maximum atomic E-state index is 12.7. The van der Waals surface area contributed by atoms with Gasteiger partial charge in [0, 0.05) is 18.1 Å². The van der Waals surface area contributed by atoms with Gasteiger partial charge in [-0.1, -0.05) is 23.7 Å². The zero-order valence-corrected chi connectivity index (χ0v) is 11.6. The number of benzene rings is 1.